The first-order valence-electron chi connectivity index (χ1n) is 9.77. The van der Waals surface area contributed by atoms with E-state index in [0.29, 0.717) is 19.8 Å². The van der Waals surface area contributed by atoms with E-state index in [9.17, 15) is 8.42 Å². The molecule has 1 atom stereocenters. The molecule has 156 valence electrons. The van der Waals surface area contributed by atoms with Gasteiger partial charge in [0.2, 0.25) is 10.0 Å². The number of nitrogens with one attached hydrogen (secondary N) is 1. The monoisotopic (exact) mass is 418 g/mol. The molecule has 29 heavy (non-hydrogen) atoms. The third kappa shape index (κ3) is 4.87. The van der Waals surface area contributed by atoms with Gasteiger partial charge in [0.1, 0.15) is 11.5 Å². The SMILES string of the molecule is Cc1ccc(C(CNS(=O)(=O)CCn2cnc3ccccc32)N2CCOCC2)o1. The number of aryl methyl sites for hydroxylation is 2. The van der Waals surface area contributed by atoms with Crippen LogP contribution in [-0.2, 0) is 21.3 Å². The van der Waals surface area contributed by atoms with Crippen molar-refractivity contribution in [3.05, 3.63) is 54.2 Å². The lowest BCUT2D eigenvalue weighted by atomic mass is 10.2. The average Bonchev–Trinajstić information content (AvgIpc) is 3.34. The topological polar surface area (TPSA) is 89.6 Å². The molecule has 4 rings (SSSR count). The molecule has 1 saturated heterocycles. The number of fused-ring (bicyclic) bond motifs is 1. The zero-order valence-electron chi connectivity index (χ0n) is 16.5. The van der Waals surface area contributed by atoms with Crippen molar-refractivity contribution in [3.63, 3.8) is 0 Å². The number of hydrogen-bond donors (Lipinski definition) is 1. The minimum absolute atomic E-state index is 0.0135. The summed E-state index contributed by atoms with van der Waals surface area (Å²) in [5.74, 6) is 1.57. The summed E-state index contributed by atoms with van der Waals surface area (Å²) < 4.78 is 41.2. The molecule has 0 saturated carbocycles. The predicted molar refractivity (Wildman–Crippen MR) is 110 cm³/mol. The Hall–Kier alpha value is -2.20. The highest BCUT2D eigenvalue weighted by Gasteiger charge is 2.26. The summed E-state index contributed by atoms with van der Waals surface area (Å²) in [6.07, 6.45) is 1.68. The Kier molecular flexibility index (Phi) is 6.00. The first-order valence-corrected chi connectivity index (χ1v) is 11.4. The molecule has 1 N–H and O–H groups in total. The highest BCUT2D eigenvalue weighted by Crippen LogP contribution is 2.23. The fraction of sp³-hybridized carbons (Fsp3) is 0.450. The van der Waals surface area contributed by atoms with E-state index in [-0.39, 0.29) is 18.3 Å². The molecule has 0 spiro atoms. The van der Waals surface area contributed by atoms with Gasteiger partial charge in [-0.05, 0) is 31.2 Å². The van der Waals surface area contributed by atoms with Crippen LogP contribution in [0.3, 0.4) is 0 Å². The second kappa shape index (κ2) is 8.66. The highest BCUT2D eigenvalue weighted by atomic mass is 32.2. The number of aromatic nitrogens is 2. The zero-order chi connectivity index (χ0) is 20.3. The van der Waals surface area contributed by atoms with E-state index in [1.54, 1.807) is 6.33 Å². The number of morpholine rings is 1. The molecule has 0 amide bonds. The number of furan rings is 1. The van der Waals surface area contributed by atoms with Gasteiger partial charge in [-0.25, -0.2) is 18.1 Å². The number of benzene rings is 1. The molecule has 2 aromatic heterocycles. The van der Waals surface area contributed by atoms with E-state index in [4.69, 9.17) is 9.15 Å². The van der Waals surface area contributed by atoms with E-state index < -0.39 is 10.0 Å². The number of ether oxygens (including phenoxy) is 1. The molecule has 3 heterocycles. The van der Waals surface area contributed by atoms with Gasteiger partial charge < -0.3 is 13.7 Å². The smallest absolute Gasteiger partial charge is 0.213 e. The Morgan fingerprint density at radius 3 is 2.72 bits per heavy atom. The van der Waals surface area contributed by atoms with Crippen molar-refractivity contribution in [2.45, 2.75) is 19.5 Å². The van der Waals surface area contributed by atoms with Gasteiger partial charge in [-0.2, -0.15) is 0 Å². The van der Waals surface area contributed by atoms with Crippen LogP contribution in [0.15, 0.2) is 47.1 Å². The normalized spacial score (nSPS) is 17.0. The highest BCUT2D eigenvalue weighted by molar-refractivity contribution is 7.89. The van der Waals surface area contributed by atoms with Crippen molar-refractivity contribution < 1.29 is 17.6 Å². The number of nitrogens with zero attached hydrogens (tertiary/aromatic N) is 3. The number of hydrogen-bond acceptors (Lipinski definition) is 6. The van der Waals surface area contributed by atoms with Crippen molar-refractivity contribution >= 4 is 21.1 Å². The van der Waals surface area contributed by atoms with Gasteiger partial charge in [0.05, 0.1) is 42.4 Å². The zero-order valence-corrected chi connectivity index (χ0v) is 17.3. The summed E-state index contributed by atoms with van der Waals surface area (Å²) in [5.41, 5.74) is 1.79. The molecule has 1 unspecified atom stereocenters. The van der Waals surface area contributed by atoms with Gasteiger partial charge in [-0.3, -0.25) is 4.90 Å². The first-order chi connectivity index (χ1) is 14.0. The standard InChI is InChI=1S/C20H26N4O4S/c1-16-6-7-20(28-16)19(23-8-11-27-12-9-23)14-22-29(25,26)13-10-24-15-21-17-4-2-3-5-18(17)24/h2-7,15,19,22H,8-14H2,1H3. The molecular weight excluding hydrogens is 392 g/mol. The third-order valence-corrected chi connectivity index (χ3v) is 6.53. The second-order valence-corrected chi connectivity index (χ2v) is 9.13. The molecule has 9 heteroatoms. The average molecular weight is 419 g/mol. The summed E-state index contributed by atoms with van der Waals surface area (Å²) in [6.45, 7) is 5.25. The maximum absolute atomic E-state index is 12.7. The summed E-state index contributed by atoms with van der Waals surface area (Å²) in [6, 6.07) is 11.4. The minimum atomic E-state index is -3.46. The summed E-state index contributed by atoms with van der Waals surface area (Å²) in [7, 11) is -3.46. The lowest BCUT2D eigenvalue weighted by molar-refractivity contribution is 0.0127. The van der Waals surface area contributed by atoms with E-state index in [1.807, 2.05) is 47.9 Å². The second-order valence-electron chi connectivity index (χ2n) is 7.21. The van der Waals surface area contributed by atoms with Gasteiger partial charge in [0.15, 0.2) is 0 Å². The maximum Gasteiger partial charge on any atom is 0.213 e. The van der Waals surface area contributed by atoms with E-state index in [1.165, 1.54) is 0 Å². The fourth-order valence-electron chi connectivity index (χ4n) is 3.62. The Balaban J connectivity index is 1.41. The Labute approximate surface area is 170 Å². The molecule has 0 radical (unpaired) electrons. The summed E-state index contributed by atoms with van der Waals surface area (Å²) >= 11 is 0. The van der Waals surface area contributed by atoms with Crippen molar-refractivity contribution in [3.8, 4) is 0 Å². The van der Waals surface area contributed by atoms with Crippen LogP contribution in [0.2, 0.25) is 0 Å². The maximum atomic E-state index is 12.7. The molecule has 0 bridgehead atoms. The third-order valence-electron chi connectivity index (χ3n) is 5.20. The van der Waals surface area contributed by atoms with E-state index in [2.05, 4.69) is 14.6 Å². The van der Waals surface area contributed by atoms with Crippen LogP contribution in [0, 0.1) is 6.92 Å². The molecule has 1 aliphatic heterocycles. The van der Waals surface area contributed by atoms with Crippen LogP contribution in [0.4, 0.5) is 0 Å². The lowest BCUT2D eigenvalue weighted by Gasteiger charge is -2.33. The first kappa shape index (κ1) is 20.1. The van der Waals surface area contributed by atoms with Gasteiger partial charge in [-0.1, -0.05) is 12.1 Å². The van der Waals surface area contributed by atoms with Gasteiger partial charge in [-0.15, -0.1) is 0 Å². The van der Waals surface area contributed by atoms with Gasteiger partial charge in [0, 0.05) is 26.2 Å². The van der Waals surface area contributed by atoms with Crippen LogP contribution in [-0.4, -0.2) is 61.5 Å². The van der Waals surface area contributed by atoms with Crippen LogP contribution >= 0.6 is 0 Å². The Bertz CT molecular complexity index is 1050. The molecular formula is C20H26N4O4S. The number of rotatable bonds is 8. The molecule has 1 fully saturated rings. The Morgan fingerprint density at radius 1 is 1.17 bits per heavy atom. The van der Waals surface area contributed by atoms with Gasteiger partial charge >= 0.3 is 0 Å². The van der Waals surface area contributed by atoms with Crippen molar-refractivity contribution in [2.75, 3.05) is 38.6 Å². The van der Waals surface area contributed by atoms with Crippen molar-refractivity contribution in [2.24, 2.45) is 0 Å². The molecule has 0 aliphatic carbocycles. The van der Waals surface area contributed by atoms with E-state index >= 15 is 0 Å². The summed E-state index contributed by atoms with van der Waals surface area (Å²) in [4.78, 5) is 6.52. The molecule has 1 aliphatic rings. The van der Waals surface area contributed by atoms with Crippen molar-refractivity contribution in [1.29, 1.82) is 0 Å². The quantitative estimate of drug-likeness (QED) is 0.601. The van der Waals surface area contributed by atoms with E-state index in [0.717, 1.165) is 35.6 Å². The number of para-hydroxylation sites is 2. The molecule has 3 aromatic rings. The van der Waals surface area contributed by atoms with Crippen LogP contribution in [0.1, 0.15) is 17.6 Å². The predicted octanol–water partition coefficient (Wildman–Crippen LogP) is 1.93. The van der Waals surface area contributed by atoms with Crippen LogP contribution < -0.4 is 4.72 Å². The molecule has 1 aromatic carbocycles. The van der Waals surface area contributed by atoms with Crippen LogP contribution in [0.25, 0.3) is 11.0 Å². The summed E-state index contributed by atoms with van der Waals surface area (Å²) in [5, 5.41) is 0. The number of imidazole rings is 1. The lowest BCUT2D eigenvalue weighted by Crippen LogP contribution is -2.44. The number of sulfonamides is 1. The van der Waals surface area contributed by atoms with Crippen molar-refractivity contribution in [1.82, 2.24) is 19.2 Å². The Morgan fingerprint density at radius 2 is 1.97 bits per heavy atom. The largest absolute Gasteiger partial charge is 0.465 e. The van der Waals surface area contributed by atoms with Crippen LogP contribution in [0.5, 0.6) is 0 Å². The fourth-order valence-corrected chi connectivity index (χ4v) is 4.61. The minimum Gasteiger partial charge on any atom is -0.465 e. The van der Waals surface area contributed by atoms with Gasteiger partial charge in [0.25, 0.3) is 0 Å². The molecule has 8 nitrogen and oxygen atoms in total.